The average molecular weight is 252 g/mol. The topological polar surface area (TPSA) is 35.5 Å². The number of benzene rings is 1. The van der Waals surface area contributed by atoms with Crippen molar-refractivity contribution < 1.29 is 18.7 Å². The summed E-state index contributed by atoms with van der Waals surface area (Å²) in [7, 11) is 0. The first kappa shape index (κ1) is 13.2. The maximum atomic E-state index is 13.5. The van der Waals surface area contributed by atoms with E-state index in [9.17, 15) is 9.18 Å². The quantitative estimate of drug-likeness (QED) is 0.773. The number of rotatable bonds is 4. The van der Waals surface area contributed by atoms with Crippen molar-refractivity contribution >= 4 is 5.78 Å². The minimum atomic E-state index is -0.690. The molecule has 1 aromatic carbocycles. The minimum absolute atomic E-state index is 0.0702. The predicted molar refractivity (Wildman–Crippen MR) is 64.9 cm³/mol. The normalized spacial score (nSPS) is 21.6. The summed E-state index contributed by atoms with van der Waals surface area (Å²) >= 11 is 0. The van der Waals surface area contributed by atoms with Crippen LogP contribution in [0.15, 0.2) is 24.3 Å². The maximum absolute atomic E-state index is 13.5. The number of carbonyl (C=O) groups is 1. The Balaban J connectivity index is 1.98. The van der Waals surface area contributed by atoms with Crippen molar-refractivity contribution in [3.05, 3.63) is 35.6 Å². The zero-order chi connectivity index (χ0) is 13.0. The summed E-state index contributed by atoms with van der Waals surface area (Å²) in [6.45, 7) is 2.29. The van der Waals surface area contributed by atoms with Gasteiger partial charge >= 0.3 is 0 Å². The Labute approximate surface area is 106 Å². The first-order chi connectivity index (χ1) is 8.68. The number of hydrogen-bond donors (Lipinski definition) is 0. The molecular formula is C14H17FO3. The molecule has 2 rings (SSSR count). The second-order valence-electron chi connectivity index (χ2n) is 4.42. The van der Waals surface area contributed by atoms with Gasteiger partial charge in [-0.2, -0.15) is 0 Å². The number of hydrogen-bond acceptors (Lipinski definition) is 3. The SMILES string of the molecule is CC(OC1CCCCO1)C(=O)c1ccccc1F. The van der Waals surface area contributed by atoms with E-state index >= 15 is 0 Å². The molecule has 0 N–H and O–H groups in total. The van der Waals surface area contributed by atoms with Crippen LogP contribution in [0.5, 0.6) is 0 Å². The van der Waals surface area contributed by atoms with Crippen molar-refractivity contribution in [1.29, 1.82) is 0 Å². The maximum Gasteiger partial charge on any atom is 0.194 e. The number of ketones is 1. The van der Waals surface area contributed by atoms with E-state index in [1.165, 1.54) is 12.1 Å². The zero-order valence-electron chi connectivity index (χ0n) is 10.4. The largest absolute Gasteiger partial charge is 0.353 e. The lowest BCUT2D eigenvalue weighted by Gasteiger charge is -2.25. The molecule has 2 atom stereocenters. The lowest BCUT2D eigenvalue weighted by Crippen LogP contribution is -2.31. The fraction of sp³-hybridized carbons (Fsp3) is 0.500. The average Bonchev–Trinajstić information content (AvgIpc) is 2.39. The molecule has 3 nitrogen and oxygen atoms in total. The van der Waals surface area contributed by atoms with Crippen LogP contribution in [0.2, 0.25) is 0 Å². The van der Waals surface area contributed by atoms with Gasteiger partial charge in [-0.25, -0.2) is 4.39 Å². The lowest BCUT2D eigenvalue weighted by atomic mass is 10.1. The van der Waals surface area contributed by atoms with Crippen LogP contribution in [0.4, 0.5) is 4.39 Å². The van der Waals surface area contributed by atoms with E-state index in [1.54, 1.807) is 19.1 Å². The standard InChI is InChI=1S/C14H17FO3/c1-10(18-13-8-4-5-9-17-13)14(16)11-6-2-3-7-12(11)15/h2-3,6-7,10,13H,4-5,8-9H2,1H3. The molecule has 0 spiro atoms. The summed E-state index contributed by atoms with van der Waals surface area (Å²) in [6, 6.07) is 5.94. The molecule has 1 aromatic rings. The summed E-state index contributed by atoms with van der Waals surface area (Å²) in [6.07, 6.45) is 1.81. The molecule has 1 aliphatic rings. The van der Waals surface area contributed by atoms with E-state index in [0.717, 1.165) is 19.3 Å². The third-order valence-electron chi connectivity index (χ3n) is 3.00. The summed E-state index contributed by atoms with van der Waals surface area (Å²) in [5.41, 5.74) is 0.0702. The van der Waals surface area contributed by atoms with Crippen LogP contribution in [-0.2, 0) is 9.47 Å². The van der Waals surface area contributed by atoms with E-state index in [2.05, 4.69) is 0 Å². The molecule has 1 heterocycles. The second-order valence-corrected chi connectivity index (χ2v) is 4.42. The Hall–Kier alpha value is -1.26. The van der Waals surface area contributed by atoms with Gasteiger partial charge in [0, 0.05) is 6.61 Å². The van der Waals surface area contributed by atoms with E-state index < -0.39 is 11.9 Å². The van der Waals surface area contributed by atoms with Gasteiger partial charge in [0.2, 0.25) is 0 Å². The molecule has 4 heteroatoms. The Bertz CT molecular complexity index is 413. The number of halogens is 1. The highest BCUT2D eigenvalue weighted by molar-refractivity contribution is 5.99. The van der Waals surface area contributed by atoms with E-state index in [0.29, 0.717) is 6.61 Å². The van der Waals surface area contributed by atoms with Crippen molar-refractivity contribution in [3.63, 3.8) is 0 Å². The molecule has 0 amide bonds. The van der Waals surface area contributed by atoms with Crippen LogP contribution < -0.4 is 0 Å². The van der Waals surface area contributed by atoms with E-state index in [1.807, 2.05) is 0 Å². The van der Waals surface area contributed by atoms with Crippen molar-refractivity contribution in [2.45, 2.75) is 38.6 Å². The Morgan fingerprint density at radius 1 is 1.44 bits per heavy atom. The number of ether oxygens (including phenoxy) is 2. The third kappa shape index (κ3) is 3.15. The fourth-order valence-electron chi connectivity index (χ4n) is 1.99. The van der Waals surface area contributed by atoms with Gasteiger partial charge in [0.25, 0.3) is 0 Å². The Kier molecular flexibility index (Phi) is 4.44. The predicted octanol–water partition coefficient (Wildman–Crippen LogP) is 2.94. The molecule has 0 bridgehead atoms. The van der Waals surface area contributed by atoms with Crippen molar-refractivity contribution in [1.82, 2.24) is 0 Å². The monoisotopic (exact) mass is 252 g/mol. The first-order valence-corrected chi connectivity index (χ1v) is 6.24. The summed E-state index contributed by atoms with van der Waals surface area (Å²) in [5.74, 6) is -0.857. The van der Waals surface area contributed by atoms with Gasteiger partial charge in [-0.15, -0.1) is 0 Å². The molecule has 0 radical (unpaired) electrons. The molecule has 1 fully saturated rings. The smallest absolute Gasteiger partial charge is 0.194 e. The number of carbonyl (C=O) groups excluding carboxylic acids is 1. The Morgan fingerprint density at radius 3 is 2.89 bits per heavy atom. The van der Waals surface area contributed by atoms with Gasteiger partial charge < -0.3 is 9.47 Å². The first-order valence-electron chi connectivity index (χ1n) is 6.24. The van der Waals surface area contributed by atoms with Gasteiger partial charge in [0.15, 0.2) is 12.1 Å². The lowest BCUT2D eigenvalue weighted by molar-refractivity contribution is -0.174. The van der Waals surface area contributed by atoms with E-state index in [4.69, 9.17) is 9.47 Å². The molecular weight excluding hydrogens is 235 g/mol. The van der Waals surface area contributed by atoms with Crippen molar-refractivity contribution in [2.24, 2.45) is 0 Å². The summed E-state index contributed by atoms with van der Waals surface area (Å²) in [4.78, 5) is 12.0. The highest BCUT2D eigenvalue weighted by Crippen LogP contribution is 2.18. The fourth-order valence-corrected chi connectivity index (χ4v) is 1.99. The van der Waals surface area contributed by atoms with Gasteiger partial charge in [-0.1, -0.05) is 12.1 Å². The number of Topliss-reactive ketones (excluding diaryl/α,β-unsaturated/α-hetero) is 1. The molecule has 2 unspecified atom stereocenters. The second kappa shape index (κ2) is 6.07. The molecule has 1 aliphatic heterocycles. The zero-order valence-corrected chi connectivity index (χ0v) is 10.4. The highest BCUT2D eigenvalue weighted by Gasteiger charge is 2.24. The van der Waals surface area contributed by atoms with Crippen molar-refractivity contribution in [2.75, 3.05) is 6.61 Å². The van der Waals surface area contributed by atoms with Crippen LogP contribution in [0, 0.1) is 5.82 Å². The molecule has 1 saturated heterocycles. The highest BCUT2D eigenvalue weighted by atomic mass is 19.1. The molecule has 0 saturated carbocycles. The van der Waals surface area contributed by atoms with Gasteiger partial charge in [0.1, 0.15) is 11.9 Å². The van der Waals surface area contributed by atoms with Crippen LogP contribution in [0.3, 0.4) is 0 Å². The van der Waals surface area contributed by atoms with Gasteiger partial charge in [-0.3, -0.25) is 4.79 Å². The third-order valence-corrected chi connectivity index (χ3v) is 3.00. The van der Waals surface area contributed by atoms with Crippen LogP contribution in [0.1, 0.15) is 36.5 Å². The molecule has 18 heavy (non-hydrogen) atoms. The summed E-state index contributed by atoms with van der Waals surface area (Å²) < 4.78 is 24.4. The van der Waals surface area contributed by atoms with Gasteiger partial charge in [-0.05, 0) is 38.3 Å². The van der Waals surface area contributed by atoms with Crippen molar-refractivity contribution in [3.8, 4) is 0 Å². The van der Waals surface area contributed by atoms with Crippen LogP contribution in [0.25, 0.3) is 0 Å². The summed E-state index contributed by atoms with van der Waals surface area (Å²) in [5, 5.41) is 0. The molecule has 0 aliphatic carbocycles. The van der Waals surface area contributed by atoms with E-state index in [-0.39, 0.29) is 17.6 Å². The van der Waals surface area contributed by atoms with Gasteiger partial charge in [0.05, 0.1) is 5.56 Å². The van der Waals surface area contributed by atoms with Crippen LogP contribution in [-0.4, -0.2) is 24.8 Å². The van der Waals surface area contributed by atoms with Crippen LogP contribution >= 0.6 is 0 Å². The minimum Gasteiger partial charge on any atom is -0.353 e. The Morgan fingerprint density at radius 2 is 2.22 bits per heavy atom. The molecule has 98 valence electrons. The molecule has 0 aromatic heterocycles.